The summed E-state index contributed by atoms with van der Waals surface area (Å²) in [5, 5.41) is 5.37. The van der Waals surface area contributed by atoms with Crippen LogP contribution in [0.3, 0.4) is 0 Å². The number of rotatable bonds is 2. The molecule has 0 atom stereocenters. The molecule has 0 fully saturated rings. The quantitative estimate of drug-likeness (QED) is 0.126. The van der Waals surface area contributed by atoms with Crippen molar-refractivity contribution in [2.75, 3.05) is 0 Å². The molecule has 4 heteroatoms. The van der Waals surface area contributed by atoms with Gasteiger partial charge in [0, 0.05) is 0 Å². The van der Waals surface area contributed by atoms with Crippen LogP contribution in [0.2, 0.25) is 0 Å². The Morgan fingerprint density at radius 2 is 0.857 bits per heavy atom. The van der Waals surface area contributed by atoms with E-state index in [0.29, 0.717) is 0 Å². The molecule has 0 saturated carbocycles. The van der Waals surface area contributed by atoms with Crippen molar-refractivity contribution in [2.24, 2.45) is 0 Å². The Morgan fingerprint density at radius 3 is 1.17 bits per heavy atom. The molecule has 0 bridgehead atoms. The normalized spacial score (nSPS) is 9.71. The van der Waals surface area contributed by atoms with Gasteiger partial charge in [0.1, 0.15) is 0 Å². The van der Waals surface area contributed by atoms with Gasteiger partial charge in [0.2, 0.25) is 0 Å². The fourth-order valence-corrected chi connectivity index (χ4v) is 4.51. The average molecular weight is 687 g/mol. The number of aryl methyl sites for hydroxylation is 2. The molecule has 6 aromatic rings. The summed E-state index contributed by atoms with van der Waals surface area (Å²) in [5.74, 6) is 0. The number of benzene rings is 4. The molecular weight excluding hydrogens is 647 g/mol. The van der Waals surface area contributed by atoms with Gasteiger partial charge in [-0.05, 0) is 11.1 Å². The Bertz CT molecular complexity index is 1490. The van der Waals surface area contributed by atoms with Crippen molar-refractivity contribution in [2.45, 2.75) is 41.5 Å². The SMILES string of the molecule is C[CH-]C.C[CH-]C.Cc1cc2c(-c3ccccc3)cccc2[cH-]1.Cc1cc2c(-c3ccccc3)cccc2[cH-]1.[Si]=[Zr]([Cl])[Cl]. The molecule has 0 aromatic heterocycles. The molecule has 0 aliphatic rings. The van der Waals surface area contributed by atoms with Crippen LogP contribution in [0.4, 0.5) is 0 Å². The minimum atomic E-state index is -1.79. The van der Waals surface area contributed by atoms with Crippen LogP contribution in [-0.2, 0) is 18.0 Å². The summed E-state index contributed by atoms with van der Waals surface area (Å²) in [4.78, 5) is 0. The molecule has 0 N–H and O–H groups in total. The number of hydrogen-bond donors (Lipinski definition) is 0. The van der Waals surface area contributed by atoms with Gasteiger partial charge in [0.15, 0.2) is 0 Å². The molecule has 0 aliphatic heterocycles. The summed E-state index contributed by atoms with van der Waals surface area (Å²) < 4.78 is 0. The topological polar surface area (TPSA) is 0 Å². The summed E-state index contributed by atoms with van der Waals surface area (Å²) in [5.41, 5.74) is 7.89. The molecule has 2 radical (unpaired) electrons. The van der Waals surface area contributed by atoms with Crippen LogP contribution < -0.4 is 0 Å². The molecule has 0 spiro atoms. The standard InChI is InChI=1S/2C16H13.2C3H7.2ClH.Si.Zr/c2*1-12-10-14-8-5-9-15(16(14)11-12)13-6-3-2-4-7-13;2*1-3-2;;;;/h2*2-11H,1H3;2*3H,1-2H3;2*1H;;/q4*-1;;;;+2/p-2. The summed E-state index contributed by atoms with van der Waals surface area (Å²) in [7, 11) is 10.3. The second kappa shape index (κ2) is 19.9. The van der Waals surface area contributed by atoms with Crippen LogP contribution >= 0.6 is 17.0 Å². The first-order valence-electron chi connectivity index (χ1n) is 14.1. The maximum atomic E-state index is 5.15. The van der Waals surface area contributed by atoms with Crippen molar-refractivity contribution in [1.82, 2.24) is 0 Å². The van der Waals surface area contributed by atoms with Gasteiger partial charge >= 0.3 is 41.9 Å². The van der Waals surface area contributed by atoms with E-state index in [4.69, 9.17) is 17.0 Å². The first kappa shape index (κ1) is 36.0. The van der Waals surface area contributed by atoms with Gasteiger partial charge in [0.25, 0.3) is 0 Å². The van der Waals surface area contributed by atoms with E-state index in [0.717, 1.165) is 0 Å². The van der Waals surface area contributed by atoms with E-state index in [-0.39, 0.29) is 0 Å². The Labute approximate surface area is 270 Å². The first-order valence-corrected chi connectivity index (χ1v) is 24.6. The Balaban J connectivity index is 0.000000224. The van der Waals surface area contributed by atoms with Crippen LogP contribution in [0.1, 0.15) is 38.8 Å². The van der Waals surface area contributed by atoms with E-state index in [1.807, 2.05) is 40.5 Å². The molecule has 42 heavy (non-hydrogen) atoms. The molecule has 0 saturated heterocycles. The van der Waals surface area contributed by atoms with Gasteiger partial charge in [-0.25, -0.2) is 0 Å². The second-order valence-corrected chi connectivity index (χ2v) is 23.4. The third-order valence-electron chi connectivity index (χ3n) is 5.96. The molecule has 0 nitrogen and oxygen atoms in total. The number of hydrogen-bond acceptors (Lipinski definition) is 0. The van der Waals surface area contributed by atoms with Crippen molar-refractivity contribution >= 4 is 45.4 Å². The van der Waals surface area contributed by atoms with Crippen molar-refractivity contribution in [1.29, 1.82) is 0 Å². The van der Waals surface area contributed by atoms with Crippen LogP contribution in [0, 0.1) is 26.7 Å². The fraction of sp³-hybridized carbons (Fsp3) is 0.158. The first-order chi connectivity index (χ1) is 20.2. The molecule has 6 aromatic carbocycles. The van der Waals surface area contributed by atoms with E-state index >= 15 is 0 Å². The zero-order valence-corrected chi connectivity index (χ0v) is 30.4. The van der Waals surface area contributed by atoms with Crippen molar-refractivity contribution in [3.05, 3.63) is 145 Å². The third kappa shape index (κ3) is 11.8. The molecule has 0 heterocycles. The van der Waals surface area contributed by atoms with Gasteiger partial charge < -0.3 is 12.8 Å². The summed E-state index contributed by atoms with van der Waals surface area (Å²) in [6.45, 7) is 15.3. The maximum absolute atomic E-state index is 5.15. The van der Waals surface area contributed by atoms with Crippen LogP contribution in [0.15, 0.2) is 121 Å². The number of halogens is 2. The fourth-order valence-electron chi connectivity index (χ4n) is 4.51. The monoisotopic (exact) mass is 684 g/mol. The predicted octanol–water partition coefficient (Wildman–Crippen LogP) is 12.5. The van der Waals surface area contributed by atoms with Gasteiger partial charge in [-0.1, -0.05) is 97.8 Å². The third-order valence-corrected chi connectivity index (χ3v) is 5.96. The van der Waals surface area contributed by atoms with Crippen molar-refractivity contribution in [3.8, 4) is 22.3 Å². The van der Waals surface area contributed by atoms with Crippen LogP contribution in [0.25, 0.3) is 43.8 Å². The second-order valence-electron chi connectivity index (χ2n) is 9.83. The zero-order valence-electron chi connectivity index (χ0n) is 25.5. The number of fused-ring (bicyclic) bond motifs is 2. The van der Waals surface area contributed by atoms with Gasteiger partial charge in [-0.2, -0.15) is 39.8 Å². The van der Waals surface area contributed by atoms with Gasteiger partial charge in [0.05, 0.1) is 0 Å². The summed E-state index contributed by atoms with van der Waals surface area (Å²) >= 11 is -1.79. The summed E-state index contributed by atoms with van der Waals surface area (Å²) in [6, 6.07) is 43.1. The van der Waals surface area contributed by atoms with Crippen molar-refractivity contribution < 1.29 is 18.0 Å². The van der Waals surface area contributed by atoms with Crippen LogP contribution in [0.5, 0.6) is 0 Å². The average Bonchev–Trinajstić information content (AvgIpc) is 3.55. The Kier molecular flexibility index (Phi) is 17.0. The summed E-state index contributed by atoms with van der Waals surface area (Å²) in [6.07, 6.45) is 4.00. The van der Waals surface area contributed by atoms with E-state index < -0.39 is 18.0 Å². The molecule has 0 aliphatic carbocycles. The van der Waals surface area contributed by atoms with E-state index in [1.54, 1.807) is 0 Å². The van der Waals surface area contributed by atoms with Gasteiger partial charge in [-0.15, -0.1) is 69.1 Å². The van der Waals surface area contributed by atoms with E-state index in [2.05, 4.69) is 142 Å². The molecular formula is C38H40Cl2SiZr-4. The van der Waals surface area contributed by atoms with Crippen LogP contribution in [-0.4, -0.2) is 6.88 Å². The Hall–Kier alpha value is -2.22. The van der Waals surface area contributed by atoms with E-state index in [9.17, 15) is 0 Å². The van der Waals surface area contributed by atoms with Crippen molar-refractivity contribution in [3.63, 3.8) is 0 Å². The predicted molar refractivity (Wildman–Crippen MR) is 188 cm³/mol. The minimum absolute atomic E-state index is 1.29. The Morgan fingerprint density at radius 1 is 0.548 bits per heavy atom. The zero-order chi connectivity index (χ0) is 30.9. The van der Waals surface area contributed by atoms with Gasteiger partial charge in [-0.3, -0.25) is 0 Å². The van der Waals surface area contributed by atoms with E-state index in [1.165, 1.54) is 54.9 Å². The molecule has 0 unspecified atom stereocenters. The molecule has 6 rings (SSSR count). The molecule has 218 valence electrons. The molecule has 0 amide bonds.